The minimum absolute atomic E-state index is 0.0277. The van der Waals surface area contributed by atoms with E-state index in [4.69, 9.17) is 4.74 Å². The summed E-state index contributed by atoms with van der Waals surface area (Å²) in [6.45, 7) is 1.88. The smallest absolute Gasteiger partial charge is 0.222 e. The standard InChI is InChI=1S/C24H26N2O2/c1-28-23-15-9-8-12-21(23)18-25-24(27)16-17-26(22-13-6-3-7-14-22)19-20-10-4-2-5-11-20/h2-15H,16-19H2,1H3,(H,25,27). The van der Waals surface area contributed by atoms with E-state index in [-0.39, 0.29) is 5.91 Å². The molecule has 0 saturated carbocycles. The molecular formula is C24H26N2O2. The van der Waals surface area contributed by atoms with E-state index in [0.717, 1.165) is 23.5 Å². The van der Waals surface area contributed by atoms with Crippen LogP contribution in [-0.4, -0.2) is 19.6 Å². The SMILES string of the molecule is COc1ccccc1CNC(=O)CCN(Cc1ccccc1)c1ccccc1. The van der Waals surface area contributed by atoms with Crippen molar-refractivity contribution in [3.63, 3.8) is 0 Å². The average Bonchev–Trinajstić information content (AvgIpc) is 2.76. The van der Waals surface area contributed by atoms with Crippen LogP contribution in [0.3, 0.4) is 0 Å². The maximum absolute atomic E-state index is 12.4. The lowest BCUT2D eigenvalue weighted by Crippen LogP contribution is -2.30. The Morgan fingerprint density at radius 1 is 0.893 bits per heavy atom. The molecule has 0 fully saturated rings. The Hall–Kier alpha value is -3.27. The molecule has 0 aromatic heterocycles. The maximum Gasteiger partial charge on any atom is 0.222 e. The van der Waals surface area contributed by atoms with Crippen LogP contribution in [0.2, 0.25) is 0 Å². The Bertz CT molecular complexity index is 866. The van der Waals surface area contributed by atoms with Crippen molar-refractivity contribution in [1.82, 2.24) is 5.32 Å². The van der Waals surface area contributed by atoms with Crippen molar-refractivity contribution < 1.29 is 9.53 Å². The number of benzene rings is 3. The zero-order valence-corrected chi connectivity index (χ0v) is 16.2. The molecule has 1 amide bonds. The van der Waals surface area contributed by atoms with Crippen LogP contribution in [-0.2, 0) is 17.9 Å². The summed E-state index contributed by atoms with van der Waals surface area (Å²) in [5.74, 6) is 0.817. The van der Waals surface area contributed by atoms with Gasteiger partial charge in [0.25, 0.3) is 0 Å². The van der Waals surface area contributed by atoms with Gasteiger partial charge >= 0.3 is 0 Å². The van der Waals surface area contributed by atoms with Gasteiger partial charge in [-0.05, 0) is 23.8 Å². The summed E-state index contributed by atoms with van der Waals surface area (Å²) in [6.07, 6.45) is 0.427. The van der Waals surface area contributed by atoms with Gasteiger partial charge in [-0.1, -0.05) is 66.7 Å². The van der Waals surface area contributed by atoms with Crippen LogP contribution >= 0.6 is 0 Å². The van der Waals surface area contributed by atoms with Crippen molar-refractivity contribution in [3.05, 3.63) is 96.1 Å². The summed E-state index contributed by atoms with van der Waals surface area (Å²) in [4.78, 5) is 14.7. The first kappa shape index (κ1) is 19.5. The van der Waals surface area contributed by atoms with Gasteiger partial charge in [-0.15, -0.1) is 0 Å². The van der Waals surface area contributed by atoms with Gasteiger partial charge in [0.15, 0.2) is 0 Å². The normalized spacial score (nSPS) is 10.3. The van der Waals surface area contributed by atoms with Gasteiger partial charge in [-0.3, -0.25) is 4.79 Å². The van der Waals surface area contributed by atoms with Crippen LogP contribution in [0.15, 0.2) is 84.9 Å². The molecule has 0 aliphatic rings. The van der Waals surface area contributed by atoms with E-state index in [1.54, 1.807) is 7.11 Å². The number of amides is 1. The highest BCUT2D eigenvalue weighted by atomic mass is 16.5. The number of nitrogens with zero attached hydrogens (tertiary/aromatic N) is 1. The van der Waals surface area contributed by atoms with Crippen molar-refractivity contribution in [1.29, 1.82) is 0 Å². The van der Waals surface area contributed by atoms with E-state index in [2.05, 4.69) is 34.5 Å². The number of rotatable bonds is 9. The second-order valence-corrected chi connectivity index (χ2v) is 6.58. The lowest BCUT2D eigenvalue weighted by atomic mass is 10.1. The lowest BCUT2D eigenvalue weighted by molar-refractivity contribution is -0.121. The number of carbonyl (C=O) groups is 1. The van der Waals surface area contributed by atoms with E-state index in [1.165, 1.54) is 5.56 Å². The zero-order chi connectivity index (χ0) is 19.6. The van der Waals surface area contributed by atoms with Crippen molar-refractivity contribution in [2.45, 2.75) is 19.5 Å². The van der Waals surface area contributed by atoms with Gasteiger partial charge in [-0.2, -0.15) is 0 Å². The molecule has 1 N–H and O–H groups in total. The number of methoxy groups -OCH3 is 1. The average molecular weight is 374 g/mol. The third kappa shape index (κ3) is 5.61. The van der Waals surface area contributed by atoms with Crippen LogP contribution in [0.5, 0.6) is 5.75 Å². The number of ether oxygens (including phenoxy) is 1. The minimum Gasteiger partial charge on any atom is -0.496 e. The molecule has 3 aromatic carbocycles. The molecule has 0 aliphatic heterocycles. The van der Waals surface area contributed by atoms with E-state index < -0.39 is 0 Å². The van der Waals surface area contributed by atoms with Gasteiger partial charge in [-0.25, -0.2) is 0 Å². The lowest BCUT2D eigenvalue weighted by Gasteiger charge is -2.25. The molecule has 0 heterocycles. The number of para-hydroxylation sites is 2. The summed E-state index contributed by atoms with van der Waals surface area (Å²) in [7, 11) is 1.64. The molecular weight excluding hydrogens is 348 g/mol. The molecule has 3 rings (SSSR count). The van der Waals surface area contributed by atoms with Crippen LogP contribution in [0, 0.1) is 0 Å². The number of hydrogen-bond acceptors (Lipinski definition) is 3. The fourth-order valence-electron chi connectivity index (χ4n) is 3.11. The summed E-state index contributed by atoms with van der Waals surface area (Å²) >= 11 is 0. The largest absolute Gasteiger partial charge is 0.496 e. The minimum atomic E-state index is 0.0277. The van der Waals surface area contributed by atoms with Gasteiger partial charge in [0, 0.05) is 37.3 Å². The van der Waals surface area contributed by atoms with Crippen LogP contribution in [0.4, 0.5) is 5.69 Å². The molecule has 0 atom stereocenters. The molecule has 0 unspecified atom stereocenters. The first-order valence-electron chi connectivity index (χ1n) is 9.49. The van der Waals surface area contributed by atoms with Crippen LogP contribution < -0.4 is 15.0 Å². The molecule has 144 valence electrons. The van der Waals surface area contributed by atoms with E-state index in [1.807, 2.05) is 60.7 Å². The second kappa shape index (κ2) is 10.2. The molecule has 4 nitrogen and oxygen atoms in total. The fourth-order valence-corrected chi connectivity index (χ4v) is 3.11. The molecule has 0 aliphatic carbocycles. The third-order valence-corrected chi connectivity index (χ3v) is 4.61. The molecule has 3 aromatic rings. The Kier molecular flexibility index (Phi) is 7.08. The maximum atomic E-state index is 12.4. The fraction of sp³-hybridized carbons (Fsp3) is 0.208. The monoisotopic (exact) mass is 374 g/mol. The Labute approximate surface area is 166 Å². The van der Waals surface area contributed by atoms with Gasteiger partial charge in [0.05, 0.1) is 7.11 Å². The highest BCUT2D eigenvalue weighted by Crippen LogP contribution is 2.18. The van der Waals surface area contributed by atoms with E-state index in [0.29, 0.717) is 19.5 Å². The van der Waals surface area contributed by atoms with Crippen molar-refractivity contribution in [2.75, 3.05) is 18.6 Å². The molecule has 0 radical (unpaired) electrons. The zero-order valence-electron chi connectivity index (χ0n) is 16.2. The van der Waals surface area contributed by atoms with E-state index in [9.17, 15) is 4.79 Å². The first-order chi connectivity index (χ1) is 13.8. The molecule has 0 saturated heterocycles. The number of anilines is 1. The summed E-state index contributed by atoms with van der Waals surface area (Å²) < 4.78 is 5.34. The summed E-state index contributed by atoms with van der Waals surface area (Å²) in [5, 5.41) is 3.00. The predicted molar refractivity (Wildman–Crippen MR) is 113 cm³/mol. The van der Waals surface area contributed by atoms with E-state index >= 15 is 0 Å². The van der Waals surface area contributed by atoms with Crippen LogP contribution in [0.1, 0.15) is 17.5 Å². The molecule has 4 heteroatoms. The number of hydrogen-bond donors (Lipinski definition) is 1. The Morgan fingerprint density at radius 2 is 1.54 bits per heavy atom. The summed E-state index contributed by atoms with van der Waals surface area (Å²) in [6, 6.07) is 28.3. The quantitative estimate of drug-likeness (QED) is 0.603. The number of carbonyl (C=O) groups excluding carboxylic acids is 1. The number of nitrogens with one attached hydrogen (secondary N) is 1. The predicted octanol–water partition coefficient (Wildman–Crippen LogP) is 4.41. The highest BCUT2D eigenvalue weighted by Gasteiger charge is 2.11. The Morgan fingerprint density at radius 3 is 2.25 bits per heavy atom. The van der Waals surface area contributed by atoms with Crippen molar-refractivity contribution in [3.8, 4) is 5.75 Å². The first-order valence-corrected chi connectivity index (χ1v) is 9.49. The second-order valence-electron chi connectivity index (χ2n) is 6.58. The molecule has 28 heavy (non-hydrogen) atoms. The topological polar surface area (TPSA) is 41.6 Å². The van der Waals surface area contributed by atoms with Crippen LogP contribution in [0.25, 0.3) is 0 Å². The van der Waals surface area contributed by atoms with Gasteiger partial charge < -0.3 is 15.0 Å². The molecule has 0 spiro atoms. The van der Waals surface area contributed by atoms with Crippen molar-refractivity contribution in [2.24, 2.45) is 0 Å². The van der Waals surface area contributed by atoms with Crippen molar-refractivity contribution >= 4 is 11.6 Å². The van der Waals surface area contributed by atoms with Gasteiger partial charge in [0.2, 0.25) is 5.91 Å². The van der Waals surface area contributed by atoms with Gasteiger partial charge in [0.1, 0.15) is 5.75 Å². The third-order valence-electron chi connectivity index (χ3n) is 4.61. The Balaban J connectivity index is 1.59. The molecule has 0 bridgehead atoms. The summed E-state index contributed by atoms with van der Waals surface area (Å²) in [5.41, 5.74) is 3.31. The highest BCUT2D eigenvalue weighted by molar-refractivity contribution is 5.76.